The number of aliphatic hydroxyl groups excluding tert-OH is 1. The molecule has 2 heteroatoms. The molecule has 0 fully saturated rings. The fourth-order valence-electron chi connectivity index (χ4n) is 3.70. The third-order valence-electron chi connectivity index (χ3n) is 5.77. The van der Waals surface area contributed by atoms with Gasteiger partial charge in [0.25, 0.3) is 0 Å². The van der Waals surface area contributed by atoms with Crippen LogP contribution in [0.15, 0.2) is 24.5 Å². The Kier molecular flexibility index (Phi) is 25.6. The van der Waals surface area contributed by atoms with Gasteiger partial charge in [0.05, 0.1) is 6.26 Å². The Labute approximate surface area is 189 Å². The molecule has 2 nitrogen and oxygen atoms in total. The number of ether oxygens (including phenoxy) is 1. The van der Waals surface area contributed by atoms with E-state index in [9.17, 15) is 5.11 Å². The zero-order chi connectivity index (χ0) is 22.0. The number of aliphatic hydroxyl groups is 1. The molecule has 0 aromatic carbocycles. The predicted molar refractivity (Wildman–Crippen MR) is 134 cm³/mol. The van der Waals surface area contributed by atoms with Crippen LogP contribution in [0.2, 0.25) is 0 Å². The SMILES string of the molecule is CCCCC=CCCCCCCCC(O)OC=CCCCCCCCCCCCC. The van der Waals surface area contributed by atoms with Crippen molar-refractivity contribution in [1.82, 2.24) is 0 Å². The normalized spacial score (nSPS) is 12.9. The Morgan fingerprint density at radius 3 is 1.53 bits per heavy atom. The van der Waals surface area contributed by atoms with Crippen LogP contribution in [0.1, 0.15) is 149 Å². The summed E-state index contributed by atoms with van der Waals surface area (Å²) in [5, 5.41) is 9.89. The van der Waals surface area contributed by atoms with Gasteiger partial charge in [-0.15, -0.1) is 0 Å². The average molecular weight is 423 g/mol. The highest BCUT2D eigenvalue weighted by Crippen LogP contribution is 2.12. The first kappa shape index (κ1) is 29.2. The molecule has 0 aliphatic rings. The Morgan fingerprint density at radius 1 is 0.533 bits per heavy atom. The van der Waals surface area contributed by atoms with E-state index in [0.29, 0.717) is 0 Å². The van der Waals surface area contributed by atoms with Crippen LogP contribution in [0.3, 0.4) is 0 Å². The molecule has 0 radical (unpaired) electrons. The highest BCUT2D eigenvalue weighted by Gasteiger charge is 2.01. The number of rotatable bonds is 24. The van der Waals surface area contributed by atoms with Crippen LogP contribution in [-0.2, 0) is 4.74 Å². The second kappa shape index (κ2) is 26.3. The van der Waals surface area contributed by atoms with Gasteiger partial charge in [0.15, 0.2) is 6.29 Å². The van der Waals surface area contributed by atoms with Crippen LogP contribution in [0.25, 0.3) is 0 Å². The van der Waals surface area contributed by atoms with Gasteiger partial charge in [0.1, 0.15) is 0 Å². The first-order valence-electron chi connectivity index (χ1n) is 13.4. The van der Waals surface area contributed by atoms with Crippen molar-refractivity contribution in [3.05, 3.63) is 24.5 Å². The largest absolute Gasteiger partial charge is 0.473 e. The molecule has 1 atom stereocenters. The van der Waals surface area contributed by atoms with Crippen LogP contribution >= 0.6 is 0 Å². The molecule has 0 aliphatic carbocycles. The van der Waals surface area contributed by atoms with Crippen LogP contribution < -0.4 is 0 Å². The molecule has 0 heterocycles. The first-order chi connectivity index (χ1) is 14.8. The molecule has 0 spiro atoms. The number of hydrogen-bond acceptors (Lipinski definition) is 2. The van der Waals surface area contributed by atoms with Gasteiger partial charge in [-0.05, 0) is 44.6 Å². The zero-order valence-electron chi connectivity index (χ0n) is 20.6. The van der Waals surface area contributed by atoms with Gasteiger partial charge >= 0.3 is 0 Å². The third-order valence-corrected chi connectivity index (χ3v) is 5.77. The number of allylic oxidation sites excluding steroid dienone is 3. The van der Waals surface area contributed by atoms with E-state index in [1.54, 1.807) is 6.26 Å². The molecular weight excluding hydrogens is 368 g/mol. The summed E-state index contributed by atoms with van der Waals surface area (Å²) in [6.45, 7) is 4.52. The van der Waals surface area contributed by atoms with Crippen molar-refractivity contribution < 1.29 is 9.84 Å². The highest BCUT2D eigenvalue weighted by atomic mass is 16.6. The van der Waals surface area contributed by atoms with Gasteiger partial charge in [0, 0.05) is 6.42 Å². The molecule has 0 aliphatic heterocycles. The second-order valence-electron chi connectivity index (χ2n) is 8.89. The zero-order valence-corrected chi connectivity index (χ0v) is 20.6. The minimum Gasteiger partial charge on any atom is -0.473 e. The highest BCUT2D eigenvalue weighted by molar-refractivity contribution is 4.81. The molecule has 1 N–H and O–H groups in total. The fraction of sp³-hybridized carbons (Fsp3) is 0.857. The predicted octanol–water partition coefficient (Wildman–Crippen LogP) is 9.62. The summed E-state index contributed by atoms with van der Waals surface area (Å²) in [5.74, 6) is 0. The van der Waals surface area contributed by atoms with Crippen LogP contribution in [0, 0.1) is 0 Å². The molecular formula is C28H54O2. The van der Waals surface area contributed by atoms with Crippen molar-refractivity contribution in [1.29, 1.82) is 0 Å². The summed E-state index contributed by atoms with van der Waals surface area (Å²) in [4.78, 5) is 0. The maximum Gasteiger partial charge on any atom is 0.196 e. The van der Waals surface area contributed by atoms with E-state index >= 15 is 0 Å². The third kappa shape index (κ3) is 25.3. The summed E-state index contributed by atoms with van der Waals surface area (Å²) in [6.07, 6.45) is 34.5. The lowest BCUT2D eigenvalue weighted by atomic mass is 10.1. The average Bonchev–Trinajstić information content (AvgIpc) is 2.75. The van der Waals surface area contributed by atoms with E-state index in [2.05, 4.69) is 32.1 Å². The summed E-state index contributed by atoms with van der Waals surface area (Å²) in [5.41, 5.74) is 0. The molecule has 0 saturated carbocycles. The van der Waals surface area contributed by atoms with Crippen molar-refractivity contribution in [2.75, 3.05) is 0 Å². The van der Waals surface area contributed by atoms with Crippen molar-refractivity contribution in [3.63, 3.8) is 0 Å². The number of hydrogen-bond donors (Lipinski definition) is 1. The summed E-state index contributed by atoms with van der Waals surface area (Å²) in [6, 6.07) is 0. The van der Waals surface area contributed by atoms with E-state index in [1.807, 2.05) is 0 Å². The lowest BCUT2D eigenvalue weighted by molar-refractivity contribution is -0.0576. The van der Waals surface area contributed by atoms with Gasteiger partial charge in [-0.1, -0.05) is 116 Å². The number of unbranched alkanes of at least 4 members (excludes halogenated alkanes) is 17. The van der Waals surface area contributed by atoms with Gasteiger partial charge in [-0.3, -0.25) is 0 Å². The topological polar surface area (TPSA) is 29.5 Å². The van der Waals surface area contributed by atoms with E-state index in [0.717, 1.165) is 19.3 Å². The Balaban J connectivity index is 3.26. The molecule has 1 unspecified atom stereocenters. The van der Waals surface area contributed by atoms with E-state index in [-0.39, 0.29) is 0 Å². The van der Waals surface area contributed by atoms with Gasteiger partial charge in [-0.25, -0.2) is 0 Å². The van der Waals surface area contributed by atoms with Gasteiger partial charge in [0.2, 0.25) is 0 Å². The molecule has 0 aromatic rings. The molecule has 0 saturated heterocycles. The van der Waals surface area contributed by atoms with E-state index in [1.165, 1.54) is 116 Å². The minimum absolute atomic E-state index is 0.629. The lowest BCUT2D eigenvalue weighted by Gasteiger charge is -2.09. The lowest BCUT2D eigenvalue weighted by Crippen LogP contribution is -2.07. The Morgan fingerprint density at radius 2 is 0.967 bits per heavy atom. The molecule has 0 aromatic heterocycles. The molecule has 0 amide bonds. The van der Waals surface area contributed by atoms with E-state index < -0.39 is 6.29 Å². The Bertz CT molecular complexity index is 362. The van der Waals surface area contributed by atoms with Crippen molar-refractivity contribution in [3.8, 4) is 0 Å². The molecule has 0 rings (SSSR count). The maximum atomic E-state index is 9.89. The van der Waals surface area contributed by atoms with Crippen LogP contribution in [0.4, 0.5) is 0 Å². The quantitative estimate of drug-likeness (QED) is 0.0726. The van der Waals surface area contributed by atoms with Crippen molar-refractivity contribution in [2.24, 2.45) is 0 Å². The fourth-order valence-corrected chi connectivity index (χ4v) is 3.70. The van der Waals surface area contributed by atoms with Crippen molar-refractivity contribution >= 4 is 0 Å². The monoisotopic (exact) mass is 422 g/mol. The molecule has 0 bridgehead atoms. The maximum absolute atomic E-state index is 9.89. The van der Waals surface area contributed by atoms with Gasteiger partial charge in [-0.2, -0.15) is 0 Å². The first-order valence-corrected chi connectivity index (χ1v) is 13.4. The second-order valence-corrected chi connectivity index (χ2v) is 8.89. The van der Waals surface area contributed by atoms with Crippen LogP contribution in [-0.4, -0.2) is 11.4 Å². The van der Waals surface area contributed by atoms with E-state index in [4.69, 9.17) is 4.74 Å². The van der Waals surface area contributed by atoms with Crippen molar-refractivity contribution in [2.45, 2.75) is 155 Å². The molecule has 178 valence electrons. The van der Waals surface area contributed by atoms with Gasteiger partial charge < -0.3 is 9.84 Å². The standard InChI is InChI=1S/C28H54O2/c1-3-5-7-9-11-13-15-17-19-21-23-25-27-30-28(29)26-24-22-20-18-16-14-12-10-8-6-4-2/h10,12,25,27-29H,3-9,11,13-24,26H2,1-2H3. The molecule has 30 heavy (non-hydrogen) atoms. The Hall–Kier alpha value is -0.760. The summed E-state index contributed by atoms with van der Waals surface area (Å²) < 4.78 is 5.39. The smallest absolute Gasteiger partial charge is 0.196 e. The summed E-state index contributed by atoms with van der Waals surface area (Å²) >= 11 is 0. The minimum atomic E-state index is -0.629. The van der Waals surface area contributed by atoms with Crippen LogP contribution in [0.5, 0.6) is 0 Å². The summed E-state index contributed by atoms with van der Waals surface area (Å²) in [7, 11) is 0.